The van der Waals surface area contributed by atoms with Crippen LogP contribution in [-0.2, 0) is 19.8 Å². The summed E-state index contributed by atoms with van der Waals surface area (Å²) in [5, 5.41) is 0. The van der Waals surface area contributed by atoms with Crippen molar-refractivity contribution in [2.45, 2.75) is 26.9 Å². The molecule has 5 heteroatoms. The number of hydrogen-bond donors (Lipinski definition) is 0. The Balaban J connectivity index is 3.00. The Morgan fingerprint density at radius 2 is 1.78 bits per heavy atom. The van der Waals surface area contributed by atoms with Gasteiger partial charge in [-0.2, -0.15) is 0 Å². The van der Waals surface area contributed by atoms with E-state index in [0.29, 0.717) is 13.2 Å². The van der Waals surface area contributed by atoms with Gasteiger partial charge in [0.1, 0.15) is 5.75 Å². The second-order valence-corrected chi connectivity index (χ2v) is 5.93. The van der Waals surface area contributed by atoms with Gasteiger partial charge in [-0.3, -0.25) is 4.57 Å². The standard InChI is InChI=1S/C13H21O4P/c1-5-16-18(14,17-6-2)10-12-9-7-8-11(3)13(12)15-4/h7-9H,5-6,10H2,1-4H3. The van der Waals surface area contributed by atoms with Gasteiger partial charge < -0.3 is 13.8 Å². The van der Waals surface area contributed by atoms with E-state index in [2.05, 4.69) is 0 Å². The Hall–Kier alpha value is -0.830. The number of hydrogen-bond acceptors (Lipinski definition) is 4. The second-order valence-electron chi connectivity index (χ2n) is 3.87. The molecule has 0 saturated heterocycles. The van der Waals surface area contributed by atoms with Gasteiger partial charge in [-0.1, -0.05) is 18.2 Å². The Kier molecular flexibility index (Phi) is 5.86. The van der Waals surface area contributed by atoms with Crippen molar-refractivity contribution in [2.24, 2.45) is 0 Å². The van der Waals surface area contributed by atoms with Crippen LogP contribution < -0.4 is 4.74 Å². The number of para-hydroxylation sites is 1. The van der Waals surface area contributed by atoms with Gasteiger partial charge in [0.15, 0.2) is 0 Å². The van der Waals surface area contributed by atoms with Gasteiger partial charge in [-0.15, -0.1) is 0 Å². The molecule has 1 rings (SSSR count). The van der Waals surface area contributed by atoms with E-state index in [-0.39, 0.29) is 6.16 Å². The van der Waals surface area contributed by atoms with Crippen LogP contribution in [0.4, 0.5) is 0 Å². The molecule has 0 aliphatic rings. The molecule has 0 heterocycles. The van der Waals surface area contributed by atoms with Gasteiger partial charge in [0.2, 0.25) is 0 Å². The van der Waals surface area contributed by atoms with Crippen molar-refractivity contribution in [3.8, 4) is 5.75 Å². The fourth-order valence-corrected chi connectivity index (χ4v) is 3.57. The Bertz CT molecular complexity index is 421. The van der Waals surface area contributed by atoms with Crippen molar-refractivity contribution >= 4 is 7.60 Å². The predicted molar refractivity (Wildman–Crippen MR) is 72.3 cm³/mol. The fourth-order valence-electron chi connectivity index (χ4n) is 1.86. The molecular weight excluding hydrogens is 251 g/mol. The monoisotopic (exact) mass is 272 g/mol. The molecule has 0 unspecified atom stereocenters. The molecule has 0 aromatic heterocycles. The highest BCUT2D eigenvalue weighted by Gasteiger charge is 2.26. The van der Waals surface area contributed by atoms with Gasteiger partial charge in [0.25, 0.3) is 0 Å². The van der Waals surface area contributed by atoms with Crippen molar-refractivity contribution in [2.75, 3.05) is 20.3 Å². The lowest BCUT2D eigenvalue weighted by molar-refractivity contribution is 0.219. The van der Waals surface area contributed by atoms with E-state index in [9.17, 15) is 4.57 Å². The van der Waals surface area contributed by atoms with Crippen molar-refractivity contribution in [1.29, 1.82) is 0 Å². The Labute approximate surface area is 109 Å². The molecule has 0 fully saturated rings. The summed E-state index contributed by atoms with van der Waals surface area (Å²) in [6, 6.07) is 5.75. The molecule has 18 heavy (non-hydrogen) atoms. The van der Waals surface area contributed by atoms with E-state index in [4.69, 9.17) is 13.8 Å². The predicted octanol–water partition coefficient (Wildman–Crippen LogP) is 3.77. The van der Waals surface area contributed by atoms with E-state index >= 15 is 0 Å². The average molecular weight is 272 g/mol. The molecule has 4 nitrogen and oxygen atoms in total. The highest BCUT2D eigenvalue weighted by molar-refractivity contribution is 7.53. The average Bonchev–Trinajstić information content (AvgIpc) is 2.29. The first-order valence-corrected chi connectivity index (χ1v) is 7.79. The molecule has 1 aromatic carbocycles. The van der Waals surface area contributed by atoms with Crippen LogP contribution >= 0.6 is 7.60 Å². The van der Waals surface area contributed by atoms with E-state index in [0.717, 1.165) is 16.9 Å². The summed E-state index contributed by atoms with van der Waals surface area (Å²) in [6.07, 6.45) is 0.236. The number of rotatable bonds is 7. The van der Waals surface area contributed by atoms with Crippen LogP contribution in [0.3, 0.4) is 0 Å². The Morgan fingerprint density at radius 1 is 1.17 bits per heavy atom. The van der Waals surface area contributed by atoms with Crippen LogP contribution in [0.2, 0.25) is 0 Å². The van der Waals surface area contributed by atoms with Crippen molar-refractivity contribution < 1.29 is 18.3 Å². The zero-order valence-corrected chi connectivity index (χ0v) is 12.3. The normalized spacial score (nSPS) is 11.6. The van der Waals surface area contributed by atoms with E-state index in [1.165, 1.54) is 0 Å². The summed E-state index contributed by atoms with van der Waals surface area (Å²) >= 11 is 0. The van der Waals surface area contributed by atoms with Crippen molar-refractivity contribution in [3.05, 3.63) is 29.3 Å². The van der Waals surface area contributed by atoms with Crippen molar-refractivity contribution in [1.82, 2.24) is 0 Å². The maximum Gasteiger partial charge on any atom is 0.335 e. The van der Waals surface area contributed by atoms with E-state index < -0.39 is 7.60 Å². The van der Waals surface area contributed by atoms with Crippen LogP contribution in [0.25, 0.3) is 0 Å². The SMILES string of the molecule is CCOP(=O)(Cc1cccc(C)c1OC)OCC. The fraction of sp³-hybridized carbons (Fsp3) is 0.538. The molecule has 0 bridgehead atoms. The second kappa shape index (κ2) is 6.93. The molecule has 0 aliphatic heterocycles. The molecule has 0 spiro atoms. The molecule has 1 aromatic rings. The Morgan fingerprint density at radius 3 is 2.28 bits per heavy atom. The van der Waals surface area contributed by atoms with Gasteiger partial charge in [0.05, 0.1) is 26.5 Å². The van der Waals surface area contributed by atoms with Gasteiger partial charge in [-0.25, -0.2) is 0 Å². The number of aryl methyl sites for hydroxylation is 1. The first-order valence-electron chi connectivity index (χ1n) is 6.07. The lowest BCUT2D eigenvalue weighted by Gasteiger charge is -2.19. The summed E-state index contributed by atoms with van der Waals surface area (Å²) < 4.78 is 28.4. The first-order chi connectivity index (χ1) is 8.56. The zero-order valence-electron chi connectivity index (χ0n) is 11.4. The largest absolute Gasteiger partial charge is 0.496 e. The summed E-state index contributed by atoms with van der Waals surface area (Å²) in [6.45, 7) is 6.30. The minimum Gasteiger partial charge on any atom is -0.496 e. The summed E-state index contributed by atoms with van der Waals surface area (Å²) in [4.78, 5) is 0. The molecule has 0 aliphatic carbocycles. The van der Waals surface area contributed by atoms with Gasteiger partial charge in [-0.05, 0) is 26.3 Å². The number of ether oxygens (including phenoxy) is 1. The van der Waals surface area contributed by atoms with Crippen LogP contribution in [-0.4, -0.2) is 20.3 Å². The maximum atomic E-state index is 12.5. The van der Waals surface area contributed by atoms with E-state index in [1.54, 1.807) is 21.0 Å². The molecule has 0 N–H and O–H groups in total. The summed E-state index contributed by atoms with van der Waals surface area (Å²) in [7, 11) is -1.47. The molecule has 0 amide bonds. The summed E-state index contributed by atoms with van der Waals surface area (Å²) in [5.74, 6) is 0.747. The van der Waals surface area contributed by atoms with Crippen LogP contribution in [0.5, 0.6) is 5.75 Å². The quantitative estimate of drug-likeness (QED) is 0.709. The van der Waals surface area contributed by atoms with Gasteiger partial charge >= 0.3 is 7.60 Å². The third-order valence-corrected chi connectivity index (χ3v) is 4.54. The first kappa shape index (κ1) is 15.2. The third-order valence-electron chi connectivity index (χ3n) is 2.51. The number of benzene rings is 1. The lowest BCUT2D eigenvalue weighted by atomic mass is 10.1. The molecule has 102 valence electrons. The maximum absolute atomic E-state index is 12.5. The van der Waals surface area contributed by atoms with Crippen molar-refractivity contribution in [3.63, 3.8) is 0 Å². The molecular formula is C13H21O4P. The third kappa shape index (κ3) is 3.84. The number of methoxy groups -OCH3 is 1. The van der Waals surface area contributed by atoms with Gasteiger partial charge in [0, 0.05) is 5.56 Å². The van der Waals surface area contributed by atoms with Crippen LogP contribution in [0.1, 0.15) is 25.0 Å². The van der Waals surface area contributed by atoms with E-state index in [1.807, 2.05) is 25.1 Å². The lowest BCUT2D eigenvalue weighted by Crippen LogP contribution is -2.01. The molecule has 0 atom stereocenters. The molecule has 0 radical (unpaired) electrons. The molecule has 0 saturated carbocycles. The van der Waals surface area contributed by atoms with Crippen LogP contribution in [0, 0.1) is 6.92 Å². The smallest absolute Gasteiger partial charge is 0.335 e. The summed E-state index contributed by atoms with van der Waals surface area (Å²) in [5.41, 5.74) is 1.86. The zero-order chi connectivity index (χ0) is 13.6. The highest BCUT2D eigenvalue weighted by atomic mass is 31.2. The highest BCUT2D eigenvalue weighted by Crippen LogP contribution is 2.52. The topological polar surface area (TPSA) is 44.8 Å². The minimum atomic E-state index is -3.08. The minimum absolute atomic E-state index is 0.236. The van der Waals surface area contributed by atoms with Crippen LogP contribution in [0.15, 0.2) is 18.2 Å².